The Kier molecular flexibility index (Phi) is 4.11. The maximum Gasteiger partial charge on any atom is 0.416 e. The van der Waals surface area contributed by atoms with Crippen LogP contribution in [0.25, 0.3) is 0 Å². The topological polar surface area (TPSA) is 26.0 Å². The summed E-state index contributed by atoms with van der Waals surface area (Å²) in [6.45, 7) is 0.429. The molecule has 0 saturated heterocycles. The van der Waals surface area contributed by atoms with Crippen LogP contribution in [0.1, 0.15) is 43.2 Å². The maximum atomic E-state index is 12.6. The van der Waals surface area contributed by atoms with Gasteiger partial charge in [-0.25, -0.2) is 0 Å². The minimum absolute atomic E-state index is 0.183. The van der Waals surface area contributed by atoms with Gasteiger partial charge in [0.25, 0.3) is 0 Å². The molecule has 19 heavy (non-hydrogen) atoms. The minimum atomic E-state index is -4.36. The summed E-state index contributed by atoms with van der Waals surface area (Å²) in [5.74, 6) is 0. The molecule has 1 nitrogen and oxygen atoms in total. The Labute approximate surface area is 115 Å². The fourth-order valence-corrected chi connectivity index (χ4v) is 3.31. The lowest BCUT2D eigenvalue weighted by atomic mass is 9.69. The molecule has 0 heterocycles. The summed E-state index contributed by atoms with van der Waals surface area (Å²) in [5, 5.41) is 0.183. The first-order valence-electron chi connectivity index (χ1n) is 6.46. The number of alkyl halides is 3. The van der Waals surface area contributed by atoms with Gasteiger partial charge in [0.05, 0.1) is 5.56 Å². The molecule has 1 aromatic carbocycles. The summed E-state index contributed by atoms with van der Waals surface area (Å²) in [4.78, 5) is 0. The lowest BCUT2D eigenvalue weighted by Crippen LogP contribution is -2.37. The quantitative estimate of drug-likeness (QED) is 0.852. The lowest BCUT2D eigenvalue weighted by Gasteiger charge is -2.37. The Balaban J connectivity index is 2.39. The Morgan fingerprint density at radius 1 is 1.16 bits per heavy atom. The molecule has 5 heteroatoms. The molecule has 106 valence electrons. The van der Waals surface area contributed by atoms with Gasteiger partial charge in [-0.15, -0.1) is 0 Å². The maximum absolute atomic E-state index is 12.6. The zero-order valence-electron chi connectivity index (χ0n) is 10.6. The third kappa shape index (κ3) is 2.90. The van der Waals surface area contributed by atoms with Gasteiger partial charge in [-0.05, 0) is 30.5 Å². The van der Waals surface area contributed by atoms with Gasteiger partial charge in [-0.3, -0.25) is 0 Å². The molecule has 0 unspecified atom stereocenters. The van der Waals surface area contributed by atoms with Crippen molar-refractivity contribution in [3.63, 3.8) is 0 Å². The van der Waals surface area contributed by atoms with Crippen LogP contribution >= 0.6 is 11.6 Å². The Bertz CT molecular complexity index is 450. The molecule has 0 aromatic heterocycles. The van der Waals surface area contributed by atoms with E-state index in [1.165, 1.54) is 6.07 Å². The fourth-order valence-electron chi connectivity index (χ4n) is 2.93. The molecular weight excluding hydrogens is 275 g/mol. The van der Waals surface area contributed by atoms with Crippen molar-refractivity contribution in [2.75, 3.05) is 6.54 Å². The van der Waals surface area contributed by atoms with E-state index < -0.39 is 11.7 Å². The third-order valence-corrected chi connectivity index (χ3v) is 4.38. The van der Waals surface area contributed by atoms with Crippen molar-refractivity contribution >= 4 is 11.6 Å². The van der Waals surface area contributed by atoms with Crippen molar-refractivity contribution in [1.29, 1.82) is 0 Å². The normalized spacial score (nSPS) is 19.4. The average molecular weight is 292 g/mol. The molecule has 1 aromatic rings. The van der Waals surface area contributed by atoms with Gasteiger partial charge in [0, 0.05) is 17.0 Å². The highest BCUT2D eigenvalue weighted by atomic mass is 35.5. The van der Waals surface area contributed by atoms with Crippen molar-refractivity contribution < 1.29 is 13.2 Å². The van der Waals surface area contributed by atoms with E-state index in [-0.39, 0.29) is 10.4 Å². The fraction of sp³-hybridized carbons (Fsp3) is 0.571. The van der Waals surface area contributed by atoms with E-state index in [0.717, 1.165) is 49.8 Å². The smallest absolute Gasteiger partial charge is 0.330 e. The average Bonchev–Trinajstić information content (AvgIpc) is 2.38. The zero-order chi connectivity index (χ0) is 14.1. The molecule has 1 saturated carbocycles. The van der Waals surface area contributed by atoms with Gasteiger partial charge in [0.2, 0.25) is 0 Å². The standard InChI is InChI=1S/C14H17ClF3N/c15-12-8-10(14(16,17)18)4-5-11(12)13(9-19)6-2-1-3-7-13/h4-5,8H,1-3,6-7,9,19H2. The van der Waals surface area contributed by atoms with Gasteiger partial charge >= 0.3 is 6.18 Å². The molecule has 1 aliphatic rings. The predicted molar refractivity (Wildman–Crippen MR) is 70.3 cm³/mol. The van der Waals surface area contributed by atoms with Gasteiger partial charge in [0.1, 0.15) is 0 Å². The summed E-state index contributed by atoms with van der Waals surface area (Å²) >= 11 is 6.08. The van der Waals surface area contributed by atoms with Gasteiger partial charge in [-0.1, -0.05) is 36.9 Å². The molecule has 0 radical (unpaired) electrons. The molecule has 0 aliphatic heterocycles. The summed E-state index contributed by atoms with van der Waals surface area (Å²) in [6, 6.07) is 3.62. The molecule has 2 N–H and O–H groups in total. The van der Waals surface area contributed by atoms with Crippen LogP contribution in [0.5, 0.6) is 0 Å². The van der Waals surface area contributed by atoms with Gasteiger partial charge < -0.3 is 5.73 Å². The second kappa shape index (κ2) is 5.33. The van der Waals surface area contributed by atoms with Crippen molar-refractivity contribution in [3.8, 4) is 0 Å². The first-order chi connectivity index (χ1) is 8.89. The highest BCUT2D eigenvalue weighted by Crippen LogP contribution is 2.43. The largest absolute Gasteiger partial charge is 0.416 e. The van der Waals surface area contributed by atoms with Crippen molar-refractivity contribution in [2.45, 2.75) is 43.7 Å². The first-order valence-corrected chi connectivity index (χ1v) is 6.84. The van der Waals surface area contributed by atoms with Gasteiger partial charge in [0.15, 0.2) is 0 Å². The Hall–Kier alpha value is -0.740. The number of hydrogen-bond donors (Lipinski definition) is 1. The highest BCUT2D eigenvalue weighted by molar-refractivity contribution is 6.31. The molecular formula is C14H17ClF3N. The van der Waals surface area contributed by atoms with E-state index in [2.05, 4.69) is 0 Å². The van der Waals surface area contributed by atoms with Crippen LogP contribution in [0.2, 0.25) is 5.02 Å². The zero-order valence-corrected chi connectivity index (χ0v) is 11.3. The molecule has 0 spiro atoms. The van der Waals surface area contributed by atoms with E-state index in [0.29, 0.717) is 6.54 Å². The van der Waals surface area contributed by atoms with Crippen LogP contribution in [-0.4, -0.2) is 6.54 Å². The molecule has 1 aliphatic carbocycles. The molecule has 0 bridgehead atoms. The number of hydrogen-bond acceptors (Lipinski definition) is 1. The highest BCUT2D eigenvalue weighted by Gasteiger charge is 2.36. The summed E-state index contributed by atoms with van der Waals surface area (Å²) in [7, 11) is 0. The number of halogens is 4. The SMILES string of the molecule is NCC1(c2ccc(C(F)(F)F)cc2Cl)CCCCC1. The van der Waals surface area contributed by atoms with E-state index >= 15 is 0 Å². The Morgan fingerprint density at radius 3 is 2.26 bits per heavy atom. The van der Waals surface area contributed by atoms with Crippen LogP contribution in [0.3, 0.4) is 0 Å². The lowest BCUT2D eigenvalue weighted by molar-refractivity contribution is -0.137. The second-order valence-electron chi connectivity index (χ2n) is 5.24. The monoisotopic (exact) mass is 291 g/mol. The van der Waals surface area contributed by atoms with Crippen LogP contribution in [-0.2, 0) is 11.6 Å². The van der Waals surface area contributed by atoms with Gasteiger partial charge in [-0.2, -0.15) is 13.2 Å². The third-order valence-electron chi connectivity index (χ3n) is 4.07. The van der Waals surface area contributed by atoms with Crippen molar-refractivity contribution in [1.82, 2.24) is 0 Å². The Morgan fingerprint density at radius 2 is 1.79 bits per heavy atom. The molecule has 1 fully saturated rings. The van der Waals surface area contributed by atoms with Crippen LogP contribution < -0.4 is 5.73 Å². The van der Waals surface area contributed by atoms with Crippen LogP contribution in [0.4, 0.5) is 13.2 Å². The second-order valence-corrected chi connectivity index (χ2v) is 5.64. The van der Waals surface area contributed by atoms with Crippen LogP contribution in [0, 0.1) is 0 Å². The summed E-state index contributed by atoms with van der Waals surface area (Å²) < 4.78 is 37.9. The minimum Gasteiger partial charge on any atom is -0.330 e. The number of benzene rings is 1. The molecule has 2 rings (SSSR count). The van der Waals surface area contributed by atoms with Crippen molar-refractivity contribution in [3.05, 3.63) is 34.3 Å². The summed E-state index contributed by atoms with van der Waals surface area (Å²) in [6.07, 6.45) is 0.691. The summed E-state index contributed by atoms with van der Waals surface area (Å²) in [5.41, 5.74) is 5.70. The molecule has 0 amide bonds. The van der Waals surface area contributed by atoms with E-state index in [9.17, 15) is 13.2 Å². The van der Waals surface area contributed by atoms with Crippen molar-refractivity contribution in [2.24, 2.45) is 5.73 Å². The molecule has 0 atom stereocenters. The number of nitrogens with two attached hydrogens (primary N) is 1. The van der Waals surface area contributed by atoms with E-state index in [4.69, 9.17) is 17.3 Å². The number of rotatable bonds is 2. The van der Waals surface area contributed by atoms with E-state index in [1.54, 1.807) is 0 Å². The predicted octanol–water partition coefficient (Wildman–Crippen LogP) is 4.52. The van der Waals surface area contributed by atoms with E-state index in [1.807, 2.05) is 0 Å². The first kappa shape index (κ1) is 14.7. The van der Waals surface area contributed by atoms with Crippen LogP contribution in [0.15, 0.2) is 18.2 Å².